The van der Waals surface area contributed by atoms with Crippen molar-refractivity contribution in [1.82, 2.24) is 10.1 Å². The van der Waals surface area contributed by atoms with E-state index in [1.54, 1.807) is 32.4 Å². The van der Waals surface area contributed by atoms with Gasteiger partial charge in [0.2, 0.25) is 0 Å². The first kappa shape index (κ1) is 17.3. The van der Waals surface area contributed by atoms with E-state index in [2.05, 4.69) is 19.0 Å². The van der Waals surface area contributed by atoms with Gasteiger partial charge in [-0.2, -0.15) is 0 Å². The van der Waals surface area contributed by atoms with Gasteiger partial charge >= 0.3 is 0 Å². The number of likely N-dealkylation sites (tertiary alicyclic amines) is 1. The Hall–Kier alpha value is -2.50. The number of carbonyl (C=O) groups is 1. The topological polar surface area (TPSA) is 64.8 Å². The number of rotatable bonds is 4. The molecule has 0 aliphatic carbocycles. The quantitative estimate of drug-likeness (QED) is 0.845. The number of ether oxygens (including phenoxy) is 2. The summed E-state index contributed by atoms with van der Waals surface area (Å²) in [5.74, 6) is 1.69. The van der Waals surface area contributed by atoms with E-state index in [4.69, 9.17) is 14.0 Å². The van der Waals surface area contributed by atoms with Gasteiger partial charge in [0.05, 0.1) is 14.2 Å². The number of hydrogen-bond donors (Lipinski definition) is 0. The smallest absolute Gasteiger partial charge is 0.276 e. The molecule has 0 bridgehead atoms. The fourth-order valence-corrected chi connectivity index (χ4v) is 3.46. The Labute approximate surface area is 147 Å². The van der Waals surface area contributed by atoms with Gasteiger partial charge in [0.1, 0.15) is 0 Å². The summed E-state index contributed by atoms with van der Waals surface area (Å²) in [6.45, 7) is 4.17. The van der Waals surface area contributed by atoms with E-state index < -0.39 is 0 Å². The summed E-state index contributed by atoms with van der Waals surface area (Å²) in [4.78, 5) is 14.8. The molecule has 6 nitrogen and oxygen atoms in total. The number of carbonyl (C=O) groups excluding carboxylic acids is 1. The minimum atomic E-state index is -0.0739. The minimum absolute atomic E-state index is 0.0739. The molecule has 3 rings (SSSR count). The fourth-order valence-electron chi connectivity index (χ4n) is 3.46. The van der Waals surface area contributed by atoms with Gasteiger partial charge in [0.15, 0.2) is 23.0 Å². The first-order chi connectivity index (χ1) is 12.0. The zero-order valence-corrected chi connectivity index (χ0v) is 15.1. The van der Waals surface area contributed by atoms with Gasteiger partial charge in [-0.05, 0) is 51.3 Å². The van der Waals surface area contributed by atoms with Crippen molar-refractivity contribution in [2.75, 3.05) is 14.2 Å². The van der Waals surface area contributed by atoms with E-state index in [9.17, 15) is 4.79 Å². The van der Waals surface area contributed by atoms with Crippen molar-refractivity contribution >= 4 is 5.91 Å². The predicted molar refractivity (Wildman–Crippen MR) is 94.0 cm³/mol. The molecule has 1 aromatic carbocycles. The number of benzene rings is 1. The molecule has 1 fully saturated rings. The molecule has 1 aliphatic heterocycles. The Balaban J connectivity index is 1.86. The zero-order valence-electron chi connectivity index (χ0n) is 15.1. The summed E-state index contributed by atoms with van der Waals surface area (Å²) in [6, 6.07) is 7.59. The molecule has 6 heteroatoms. The zero-order chi connectivity index (χ0) is 18.0. The second-order valence-corrected chi connectivity index (χ2v) is 6.49. The molecule has 2 aromatic rings. The van der Waals surface area contributed by atoms with E-state index in [0.717, 1.165) is 24.8 Å². The lowest BCUT2D eigenvalue weighted by molar-refractivity contribution is 0.0500. The Bertz CT molecular complexity index is 746. The summed E-state index contributed by atoms with van der Waals surface area (Å²) < 4.78 is 16.0. The van der Waals surface area contributed by atoms with Crippen LogP contribution in [0.5, 0.6) is 11.5 Å². The highest BCUT2D eigenvalue weighted by molar-refractivity contribution is 5.93. The highest BCUT2D eigenvalue weighted by Gasteiger charge is 2.31. The number of piperidine rings is 1. The molecule has 0 spiro atoms. The van der Waals surface area contributed by atoms with Crippen LogP contribution >= 0.6 is 0 Å². The average Bonchev–Trinajstić information content (AvgIpc) is 3.11. The molecule has 0 saturated carbocycles. The van der Waals surface area contributed by atoms with Crippen LogP contribution in [0.3, 0.4) is 0 Å². The summed E-state index contributed by atoms with van der Waals surface area (Å²) in [6.07, 6.45) is 3.20. The van der Waals surface area contributed by atoms with Crippen LogP contribution in [0.2, 0.25) is 0 Å². The molecular formula is C19H24N2O4. The number of hydrogen-bond acceptors (Lipinski definition) is 5. The average molecular weight is 344 g/mol. The Kier molecular flexibility index (Phi) is 4.97. The van der Waals surface area contributed by atoms with E-state index in [0.29, 0.717) is 23.0 Å². The Morgan fingerprint density at radius 1 is 1.12 bits per heavy atom. The molecule has 2 atom stereocenters. The highest BCUT2D eigenvalue weighted by atomic mass is 16.5. The molecule has 25 heavy (non-hydrogen) atoms. The number of aromatic nitrogens is 1. The molecule has 134 valence electrons. The summed E-state index contributed by atoms with van der Waals surface area (Å²) in [5, 5.41) is 4.00. The third kappa shape index (κ3) is 3.34. The molecular weight excluding hydrogens is 320 g/mol. The van der Waals surface area contributed by atoms with Crippen LogP contribution in [-0.4, -0.2) is 42.3 Å². The van der Waals surface area contributed by atoms with Crippen LogP contribution in [0.1, 0.15) is 43.6 Å². The van der Waals surface area contributed by atoms with Crippen molar-refractivity contribution in [1.29, 1.82) is 0 Å². The van der Waals surface area contributed by atoms with Crippen molar-refractivity contribution < 1.29 is 18.8 Å². The Morgan fingerprint density at radius 3 is 2.44 bits per heavy atom. The molecule has 0 N–H and O–H groups in total. The minimum Gasteiger partial charge on any atom is -0.493 e. The maximum Gasteiger partial charge on any atom is 0.276 e. The van der Waals surface area contributed by atoms with Crippen molar-refractivity contribution in [3.63, 3.8) is 0 Å². The first-order valence-corrected chi connectivity index (χ1v) is 8.57. The maximum absolute atomic E-state index is 12.8. The van der Waals surface area contributed by atoms with Crippen LogP contribution in [-0.2, 0) is 0 Å². The van der Waals surface area contributed by atoms with Crippen LogP contribution in [0.15, 0.2) is 28.8 Å². The van der Waals surface area contributed by atoms with Gasteiger partial charge in [-0.3, -0.25) is 4.79 Å². The third-order valence-corrected chi connectivity index (χ3v) is 4.83. The highest BCUT2D eigenvalue weighted by Crippen LogP contribution is 2.33. The SMILES string of the molecule is COc1ccc(-c2cc(C(=O)N3[C@H](C)CCC[C@@H]3C)no2)cc1OC. The second kappa shape index (κ2) is 7.17. The van der Waals surface area contributed by atoms with E-state index in [-0.39, 0.29) is 18.0 Å². The Morgan fingerprint density at radius 2 is 1.80 bits per heavy atom. The number of methoxy groups -OCH3 is 2. The van der Waals surface area contributed by atoms with Crippen molar-refractivity contribution in [3.8, 4) is 22.8 Å². The van der Waals surface area contributed by atoms with Crippen LogP contribution in [0.25, 0.3) is 11.3 Å². The van der Waals surface area contributed by atoms with Gasteiger partial charge in [0, 0.05) is 23.7 Å². The molecule has 0 radical (unpaired) electrons. The van der Waals surface area contributed by atoms with Gasteiger partial charge in [-0.25, -0.2) is 0 Å². The van der Waals surface area contributed by atoms with E-state index in [1.807, 2.05) is 11.0 Å². The molecule has 1 aliphatic rings. The van der Waals surface area contributed by atoms with E-state index in [1.165, 1.54) is 0 Å². The normalized spacial score (nSPS) is 20.4. The molecule has 1 aromatic heterocycles. The van der Waals surface area contributed by atoms with Gasteiger partial charge in [-0.1, -0.05) is 5.16 Å². The second-order valence-electron chi connectivity index (χ2n) is 6.49. The van der Waals surface area contributed by atoms with Crippen molar-refractivity contribution in [2.45, 2.75) is 45.2 Å². The molecule has 2 heterocycles. The lowest BCUT2D eigenvalue weighted by Crippen LogP contribution is -2.47. The van der Waals surface area contributed by atoms with Crippen molar-refractivity contribution in [3.05, 3.63) is 30.0 Å². The lowest BCUT2D eigenvalue weighted by Gasteiger charge is -2.38. The largest absolute Gasteiger partial charge is 0.493 e. The molecule has 1 saturated heterocycles. The number of amides is 1. The van der Waals surface area contributed by atoms with Gasteiger partial charge in [0.25, 0.3) is 5.91 Å². The standard InChI is InChI=1S/C19H24N2O4/c1-12-6-5-7-13(2)21(12)19(22)15-11-17(25-20-15)14-8-9-16(23-3)18(10-14)24-4/h8-13H,5-7H2,1-4H3/t12-,13+. The predicted octanol–water partition coefficient (Wildman–Crippen LogP) is 3.76. The third-order valence-electron chi connectivity index (χ3n) is 4.83. The van der Waals surface area contributed by atoms with Gasteiger partial charge in [-0.15, -0.1) is 0 Å². The summed E-state index contributed by atoms with van der Waals surface area (Å²) in [7, 11) is 3.17. The van der Waals surface area contributed by atoms with Crippen LogP contribution in [0, 0.1) is 0 Å². The van der Waals surface area contributed by atoms with Crippen LogP contribution in [0.4, 0.5) is 0 Å². The maximum atomic E-state index is 12.8. The lowest BCUT2D eigenvalue weighted by atomic mass is 9.97. The van der Waals surface area contributed by atoms with E-state index >= 15 is 0 Å². The van der Waals surface area contributed by atoms with Gasteiger partial charge < -0.3 is 18.9 Å². The number of nitrogens with zero attached hydrogens (tertiary/aromatic N) is 2. The van der Waals surface area contributed by atoms with Crippen molar-refractivity contribution in [2.24, 2.45) is 0 Å². The fraction of sp³-hybridized carbons (Fsp3) is 0.474. The summed E-state index contributed by atoms with van der Waals surface area (Å²) >= 11 is 0. The van der Waals surface area contributed by atoms with Crippen LogP contribution < -0.4 is 9.47 Å². The summed E-state index contributed by atoms with van der Waals surface area (Å²) in [5.41, 5.74) is 1.12. The molecule has 1 amide bonds. The monoisotopic (exact) mass is 344 g/mol. The molecule has 0 unspecified atom stereocenters. The first-order valence-electron chi connectivity index (χ1n) is 8.57.